The molecule has 7 heteroatoms. The highest BCUT2D eigenvalue weighted by Gasteiger charge is 2.23. The van der Waals surface area contributed by atoms with Gasteiger partial charge in [-0.15, -0.1) is 0 Å². The molecule has 0 saturated carbocycles. The fourth-order valence-electron chi connectivity index (χ4n) is 3.11. The van der Waals surface area contributed by atoms with E-state index < -0.39 is 0 Å². The number of benzene rings is 2. The van der Waals surface area contributed by atoms with E-state index in [0.717, 1.165) is 33.8 Å². The molecular formula is C22H19N3O2S2. The molecule has 2 aromatic carbocycles. The van der Waals surface area contributed by atoms with E-state index in [1.807, 2.05) is 73.3 Å². The lowest BCUT2D eigenvalue weighted by atomic mass is 10.0. The lowest BCUT2D eigenvalue weighted by Crippen LogP contribution is -2.17. The van der Waals surface area contributed by atoms with Gasteiger partial charge < -0.3 is 10.1 Å². The number of aryl methyl sites for hydroxylation is 1. The zero-order valence-corrected chi connectivity index (χ0v) is 17.6. The highest BCUT2D eigenvalue weighted by Crippen LogP contribution is 2.32. The van der Waals surface area contributed by atoms with Gasteiger partial charge in [-0.1, -0.05) is 42.2 Å². The van der Waals surface area contributed by atoms with Crippen molar-refractivity contribution in [2.24, 2.45) is 0 Å². The molecule has 5 nitrogen and oxygen atoms in total. The molecular weight excluding hydrogens is 402 g/mol. The summed E-state index contributed by atoms with van der Waals surface area (Å²) < 4.78 is 7.95. The van der Waals surface area contributed by atoms with Crippen LogP contribution in [0.1, 0.15) is 18.1 Å². The molecule has 1 N–H and O–H groups in total. The van der Waals surface area contributed by atoms with E-state index in [0.29, 0.717) is 15.8 Å². The molecule has 3 aromatic rings. The van der Waals surface area contributed by atoms with Crippen molar-refractivity contribution in [2.75, 3.05) is 6.61 Å². The maximum Gasteiger partial charge on any atom is 0.263 e. The normalized spacial score (nSPS) is 15.0. The fourth-order valence-corrected chi connectivity index (χ4v) is 4.14. The van der Waals surface area contributed by atoms with Gasteiger partial charge in [0.15, 0.2) is 0 Å². The zero-order valence-electron chi connectivity index (χ0n) is 16.0. The van der Waals surface area contributed by atoms with E-state index in [1.165, 1.54) is 11.8 Å². The minimum Gasteiger partial charge on any atom is -0.494 e. The molecule has 0 radical (unpaired) electrons. The maximum absolute atomic E-state index is 12.2. The van der Waals surface area contributed by atoms with E-state index in [2.05, 4.69) is 11.4 Å². The minimum atomic E-state index is -0.179. The SMILES string of the molecule is CCOc1ccc(-c2nn(-c3ccccc3)cc2/C=C2\SC(=S)NC2=O)cc1C. The first-order chi connectivity index (χ1) is 14.0. The predicted molar refractivity (Wildman–Crippen MR) is 121 cm³/mol. The molecule has 0 atom stereocenters. The third-order valence-electron chi connectivity index (χ3n) is 4.44. The Kier molecular flexibility index (Phi) is 5.51. The Balaban J connectivity index is 1.82. The van der Waals surface area contributed by atoms with Gasteiger partial charge in [0, 0.05) is 17.3 Å². The van der Waals surface area contributed by atoms with Gasteiger partial charge in [0.25, 0.3) is 5.91 Å². The van der Waals surface area contributed by atoms with Gasteiger partial charge in [-0.2, -0.15) is 5.10 Å². The van der Waals surface area contributed by atoms with Gasteiger partial charge in [-0.3, -0.25) is 4.79 Å². The van der Waals surface area contributed by atoms with Crippen LogP contribution < -0.4 is 10.1 Å². The van der Waals surface area contributed by atoms with Gasteiger partial charge >= 0.3 is 0 Å². The Morgan fingerprint density at radius 1 is 1.24 bits per heavy atom. The summed E-state index contributed by atoms with van der Waals surface area (Å²) in [6.07, 6.45) is 3.77. The average Bonchev–Trinajstić information content (AvgIpc) is 3.27. The standard InChI is InChI=1S/C22H19N3O2S2/c1-3-27-18-10-9-15(11-14(18)2)20-16(12-19-21(26)23-22(28)29-19)13-25(24-20)17-7-5-4-6-8-17/h4-13H,3H2,1-2H3,(H,23,26,28)/b19-12-. The lowest BCUT2D eigenvalue weighted by molar-refractivity contribution is -0.115. The van der Waals surface area contributed by atoms with Crippen LogP contribution in [0, 0.1) is 6.92 Å². The second-order valence-electron chi connectivity index (χ2n) is 6.48. The minimum absolute atomic E-state index is 0.179. The molecule has 0 bridgehead atoms. The summed E-state index contributed by atoms with van der Waals surface area (Å²) in [5.74, 6) is 0.677. The highest BCUT2D eigenvalue weighted by molar-refractivity contribution is 8.26. The van der Waals surface area contributed by atoms with Crippen molar-refractivity contribution < 1.29 is 9.53 Å². The number of hydrogen-bond acceptors (Lipinski definition) is 5. The van der Waals surface area contributed by atoms with E-state index in [1.54, 1.807) is 0 Å². The first-order valence-corrected chi connectivity index (χ1v) is 10.4. The summed E-state index contributed by atoms with van der Waals surface area (Å²) in [7, 11) is 0. The topological polar surface area (TPSA) is 56.1 Å². The van der Waals surface area contributed by atoms with Crippen LogP contribution in [-0.4, -0.2) is 26.6 Å². The van der Waals surface area contributed by atoms with Crippen molar-refractivity contribution in [1.82, 2.24) is 15.1 Å². The third kappa shape index (κ3) is 4.11. The number of aromatic nitrogens is 2. The Hall–Kier alpha value is -2.90. The first kappa shape index (κ1) is 19.4. The number of amides is 1. The predicted octanol–water partition coefficient (Wildman–Crippen LogP) is 4.74. The van der Waals surface area contributed by atoms with Crippen LogP contribution in [0.2, 0.25) is 0 Å². The number of nitrogens with one attached hydrogen (secondary N) is 1. The number of hydrogen-bond donors (Lipinski definition) is 1. The molecule has 29 heavy (non-hydrogen) atoms. The maximum atomic E-state index is 12.2. The van der Waals surface area contributed by atoms with Gasteiger partial charge in [-0.05, 0) is 55.8 Å². The summed E-state index contributed by atoms with van der Waals surface area (Å²) in [5.41, 5.74) is 4.57. The first-order valence-electron chi connectivity index (χ1n) is 9.19. The third-order valence-corrected chi connectivity index (χ3v) is 5.60. The van der Waals surface area contributed by atoms with Crippen molar-refractivity contribution in [1.29, 1.82) is 0 Å². The molecule has 1 fully saturated rings. The quantitative estimate of drug-likeness (QED) is 0.477. The van der Waals surface area contributed by atoms with E-state index in [4.69, 9.17) is 22.1 Å². The van der Waals surface area contributed by atoms with Crippen LogP contribution in [0.3, 0.4) is 0 Å². The highest BCUT2D eigenvalue weighted by atomic mass is 32.2. The van der Waals surface area contributed by atoms with Gasteiger partial charge in [0.05, 0.1) is 17.2 Å². The summed E-state index contributed by atoms with van der Waals surface area (Å²) in [6, 6.07) is 15.9. The Morgan fingerprint density at radius 2 is 2.03 bits per heavy atom. The molecule has 1 saturated heterocycles. The second-order valence-corrected chi connectivity index (χ2v) is 8.20. The number of nitrogens with zero attached hydrogens (tertiary/aromatic N) is 2. The van der Waals surface area contributed by atoms with Gasteiger partial charge in [-0.25, -0.2) is 4.68 Å². The molecule has 0 unspecified atom stereocenters. The number of carbonyl (C=O) groups is 1. The largest absolute Gasteiger partial charge is 0.494 e. The number of thiocarbonyl (C=S) groups is 1. The summed E-state index contributed by atoms with van der Waals surface area (Å²) >= 11 is 6.37. The molecule has 0 spiro atoms. The van der Waals surface area contributed by atoms with Crippen LogP contribution in [0.25, 0.3) is 23.0 Å². The van der Waals surface area contributed by atoms with Crippen LogP contribution >= 0.6 is 24.0 Å². The van der Waals surface area contributed by atoms with Crippen LogP contribution in [0.15, 0.2) is 59.6 Å². The smallest absolute Gasteiger partial charge is 0.263 e. The van der Waals surface area contributed by atoms with Gasteiger partial charge in [0.2, 0.25) is 0 Å². The van der Waals surface area contributed by atoms with E-state index >= 15 is 0 Å². The molecule has 2 heterocycles. The molecule has 146 valence electrons. The van der Waals surface area contributed by atoms with Crippen LogP contribution in [0.4, 0.5) is 0 Å². The Labute approximate surface area is 178 Å². The molecule has 4 rings (SSSR count). The number of thioether (sulfide) groups is 1. The van der Waals surface area contributed by atoms with E-state index in [-0.39, 0.29) is 5.91 Å². The Bertz CT molecular complexity index is 1120. The Morgan fingerprint density at radius 3 is 2.69 bits per heavy atom. The summed E-state index contributed by atoms with van der Waals surface area (Å²) in [5, 5.41) is 7.47. The van der Waals surface area contributed by atoms with Crippen molar-refractivity contribution in [3.8, 4) is 22.7 Å². The van der Waals surface area contributed by atoms with Crippen molar-refractivity contribution in [2.45, 2.75) is 13.8 Å². The second kappa shape index (κ2) is 8.23. The van der Waals surface area contributed by atoms with E-state index in [9.17, 15) is 4.79 Å². The monoisotopic (exact) mass is 421 g/mol. The van der Waals surface area contributed by atoms with Crippen LogP contribution in [-0.2, 0) is 4.79 Å². The number of para-hydroxylation sites is 1. The number of carbonyl (C=O) groups excluding carboxylic acids is 1. The molecule has 1 amide bonds. The molecule has 1 aromatic heterocycles. The number of rotatable bonds is 5. The van der Waals surface area contributed by atoms with Crippen molar-refractivity contribution in [3.63, 3.8) is 0 Å². The summed E-state index contributed by atoms with van der Waals surface area (Å²) in [6.45, 7) is 4.60. The van der Waals surface area contributed by atoms with Crippen LogP contribution in [0.5, 0.6) is 5.75 Å². The summed E-state index contributed by atoms with van der Waals surface area (Å²) in [4.78, 5) is 12.7. The average molecular weight is 422 g/mol. The fraction of sp³-hybridized carbons (Fsp3) is 0.136. The zero-order chi connectivity index (χ0) is 20.4. The molecule has 1 aliphatic heterocycles. The lowest BCUT2D eigenvalue weighted by Gasteiger charge is -2.08. The van der Waals surface area contributed by atoms with Crippen molar-refractivity contribution >= 4 is 40.3 Å². The van der Waals surface area contributed by atoms with Gasteiger partial charge in [0.1, 0.15) is 15.8 Å². The van der Waals surface area contributed by atoms with Crippen molar-refractivity contribution in [3.05, 3.63) is 70.8 Å². The molecule has 1 aliphatic rings. The number of ether oxygens (including phenoxy) is 1. The molecule has 0 aliphatic carbocycles.